The Balaban J connectivity index is 2.78. The highest BCUT2D eigenvalue weighted by atomic mass is 32.1. The van der Waals surface area contributed by atoms with Gasteiger partial charge in [-0.05, 0) is 24.0 Å². The Kier molecular flexibility index (Phi) is 4.46. The van der Waals surface area contributed by atoms with Gasteiger partial charge in [0.1, 0.15) is 10.8 Å². The second kappa shape index (κ2) is 5.45. The summed E-state index contributed by atoms with van der Waals surface area (Å²) in [5.74, 6) is -0.377. The minimum atomic E-state index is -0.377. The van der Waals surface area contributed by atoms with E-state index in [1.165, 1.54) is 6.07 Å². The summed E-state index contributed by atoms with van der Waals surface area (Å²) in [5.41, 5.74) is 6.73. The third kappa shape index (κ3) is 4.30. The van der Waals surface area contributed by atoms with E-state index in [9.17, 15) is 4.39 Å². The quantitative estimate of drug-likeness (QED) is 0.810. The van der Waals surface area contributed by atoms with E-state index in [1.807, 2.05) is 0 Å². The zero-order valence-corrected chi connectivity index (χ0v) is 11.3. The Bertz CT molecular complexity index is 410. The molecular formula is C13H19FN2S. The lowest BCUT2D eigenvalue weighted by atomic mass is 9.92. The molecule has 1 rings (SSSR count). The van der Waals surface area contributed by atoms with Crippen molar-refractivity contribution in [1.82, 2.24) is 0 Å². The van der Waals surface area contributed by atoms with Crippen molar-refractivity contribution < 1.29 is 4.39 Å². The van der Waals surface area contributed by atoms with Crippen LogP contribution in [0.5, 0.6) is 0 Å². The van der Waals surface area contributed by atoms with E-state index in [0.717, 1.165) is 13.0 Å². The van der Waals surface area contributed by atoms with Gasteiger partial charge in [-0.25, -0.2) is 4.39 Å². The van der Waals surface area contributed by atoms with Gasteiger partial charge in [-0.3, -0.25) is 0 Å². The summed E-state index contributed by atoms with van der Waals surface area (Å²) in [4.78, 5) is 0.0846. The summed E-state index contributed by atoms with van der Waals surface area (Å²) in [6.07, 6.45) is 0.986. The Labute approximate surface area is 107 Å². The fourth-order valence-electron chi connectivity index (χ4n) is 1.49. The van der Waals surface area contributed by atoms with E-state index < -0.39 is 0 Å². The molecule has 0 saturated carbocycles. The van der Waals surface area contributed by atoms with Crippen LogP contribution in [0.15, 0.2) is 18.2 Å². The molecule has 0 aliphatic carbocycles. The van der Waals surface area contributed by atoms with Gasteiger partial charge in [0.25, 0.3) is 0 Å². The molecular weight excluding hydrogens is 235 g/mol. The maximum absolute atomic E-state index is 13.6. The number of thiocarbonyl (C=S) groups is 1. The molecule has 17 heavy (non-hydrogen) atoms. The molecule has 1 aromatic carbocycles. The van der Waals surface area contributed by atoms with Crippen molar-refractivity contribution in [3.63, 3.8) is 0 Å². The Morgan fingerprint density at radius 1 is 1.41 bits per heavy atom. The fraction of sp³-hybridized carbons (Fsp3) is 0.462. The smallest absolute Gasteiger partial charge is 0.135 e. The van der Waals surface area contributed by atoms with Crippen LogP contribution in [0.2, 0.25) is 0 Å². The summed E-state index contributed by atoms with van der Waals surface area (Å²) < 4.78 is 13.6. The normalized spacial score (nSPS) is 11.3. The Morgan fingerprint density at radius 3 is 2.59 bits per heavy atom. The van der Waals surface area contributed by atoms with Crippen LogP contribution in [0.25, 0.3) is 0 Å². The number of nitrogens with two attached hydrogens (primary N) is 1. The van der Waals surface area contributed by atoms with Crippen molar-refractivity contribution in [2.75, 3.05) is 11.9 Å². The van der Waals surface area contributed by atoms with Crippen molar-refractivity contribution in [3.8, 4) is 0 Å². The van der Waals surface area contributed by atoms with E-state index in [4.69, 9.17) is 18.0 Å². The maximum Gasteiger partial charge on any atom is 0.135 e. The monoisotopic (exact) mass is 254 g/mol. The van der Waals surface area contributed by atoms with Crippen molar-refractivity contribution >= 4 is 22.9 Å². The van der Waals surface area contributed by atoms with Crippen molar-refractivity contribution in [2.24, 2.45) is 11.1 Å². The highest BCUT2D eigenvalue weighted by Crippen LogP contribution is 2.21. The molecule has 0 bridgehead atoms. The minimum Gasteiger partial charge on any atom is -0.389 e. The first-order valence-corrected chi connectivity index (χ1v) is 6.04. The van der Waals surface area contributed by atoms with Gasteiger partial charge in [-0.2, -0.15) is 0 Å². The van der Waals surface area contributed by atoms with Gasteiger partial charge < -0.3 is 11.1 Å². The molecule has 0 aromatic heterocycles. The number of halogens is 1. The van der Waals surface area contributed by atoms with Gasteiger partial charge in [-0.15, -0.1) is 0 Å². The second-order valence-corrected chi connectivity index (χ2v) is 5.70. The molecule has 4 heteroatoms. The lowest BCUT2D eigenvalue weighted by Gasteiger charge is -2.19. The summed E-state index contributed by atoms with van der Waals surface area (Å²) in [5, 5.41) is 3.18. The van der Waals surface area contributed by atoms with Crippen LogP contribution < -0.4 is 11.1 Å². The predicted octanol–water partition coefficient (Wildman–Crippen LogP) is 3.31. The second-order valence-electron chi connectivity index (χ2n) is 5.26. The van der Waals surface area contributed by atoms with Gasteiger partial charge in [0, 0.05) is 12.2 Å². The molecule has 0 amide bonds. The van der Waals surface area contributed by atoms with E-state index in [1.54, 1.807) is 12.1 Å². The van der Waals surface area contributed by atoms with Crippen LogP contribution in [-0.2, 0) is 0 Å². The Morgan fingerprint density at radius 2 is 2.06 bits per heavy atom. The topological polar surface area (TPSA) is 38.0 Å². The zero-order chi connectivity index (χ0) is 13.1. The third-order valence-electron chi connectivity index (χ3n) is 2.45. The van der Waals surface area contributed by atoms with Crippen molar-refractivity contribution in [1.29, 1.82) is 0 Å². The SMILES string of the molecule is CC(C)(C)CCNc1cccc(F)c1C(N)=S. The summed E-state index contributed by atoms with van der Waals surface area (Å²) in [6, 6.07) is 4.81. The van der Waals surface area contributed by atoms with Crippen LogP contribution in [0.3, 0.4) is 0 Å². The van der Waals surface area contributed by atoms with Gasteiger partial charge in [0.15, 0.2) is 0 Å². The van der Waals surface area contributed by atoms with Crippen LogP contribution in [0, 0.1) is 11.2 Å². The molecule has 0 radical (unpaired) electrons. The summed E-state index contributed by atoms with van der Waals surface area (Å²) in [7, 11) is 0. The Hall–Kier alpha value is -1.16. The molecule has 0 saturated heterocycles. The number of nitrogens with one attached hydrogen (secondary N) is 1. The molecule has 94 valence electrons. The highest BCUT2D eigenvalue weighted by Gasteiger charge is 2.13. The highest BCUT2D eigenvalue weighted by molar-refractivity contribution is 7.80. The van der Waals surface area contributed by atoms with E-state index in [2.05, 4.69) is 26.1 Å². The summed E-state index contributed by atoms with van der Waals surface area (Å²) >= 11 is 4.86. The molecule has 0 heterocycles. The van der Waals surface area contributed by atoms with Crippen molar-refractivity contribution in [2.45, 2.75) is 27.2 Å². The molecule has 0 fully saturated rings. The van der Waals surface area contributed by atoms with E-state index >= 15 is 0 Å². The molecule has 0 atom stereocenters. The van der Waals surface area contributed by atoms with E-state index in [0.29, 0.717) is 11.3 Å². The van der Waals surface area contributed by atoms with Crippen LogP contribution in [0.4, 0.5) is 10.1 Å². The van der Waals surface area contributed by atoms with Crippen LogP contribution in [-0.4, -0.2) is 11.5 Å². The number of hydrogen-bond donors (Lipinski definition) is 2. The van der Waals surface area contributed by atoms with Gasteiger partial charge >= 0.3 is 0 Å². The maximum atomic E-state index is 13.6. The molecule has 3 N–H and O–H groups in total. The average Bonchev–Trinajstić information content (AvgIpc) is 2.14. The largest absolute Gasteiger partial charge is 0.389 e. The molecule has 0 unspecified atom stereocenters. The van der Waals surface area contributed by atoms with E-state index in [-0.39, 0.29) is 16.2 Å². The fourth-order valence-corrected chi connectivity index (χ4v) is 1.70. The van der Waals surface area contributed by atoms with Crippen LogP contribution in [0.1, 0.15) is 32.8 Å². The van der Waals surface area contributed by atoms with Crippen LogP contribution >= 0.6 is 12.2 Å². The molecule has 1 aromatic rings. The molecule has 0 spiro atoms. The van der Waals surface area contributed by atoms with Gasteiger partial charge in [-0.1, -0.05) is 39.1 Å². The molecule has 0 aliphatic rings. The summed E-state index contributed by atoms with van der Waals surface area (Å²) in [6.45, 7) is 7.25. The number of benzene rings is 1. The predicted molar refractivity (Wildman–Crippen MR) is 74.8 cm³/mol. The molecule has 2 nitrogen and oxygen atoms in total. The lowest BCUT2D eigenvalue weighted by Crippen LogP contribution is -2.18. The van der Waals surface area contributed by atoms with Gasteiger partial charge in [0.2, 0.25) is 0 Å². The number of hydrogen-bond acceptors (Lipinski definition) is 2. The number of rotatable bonds is 4. The first-order chi connectivity index (χ1) is 7.81. The zero-order valence-electron chi connectivity index (χ0n) is 10.5. The first-order valence-electron chi connectivity index (χ1n) is 5.63. The minimum absolute atomic E-state index is 0.0846. The number of anilines is 1. The average molecular weight is 254 g/mol. The molecule has 0 aliphatic heterocycles. The van der Waals surface area contributed by atoms with Gasteiger partial charge in [0.05, 0.1) is 5.56 Å². The van der Waals surface area contributed by atoms with Crippen molar-refractivity contribution in [3.05, 3.63) is 29.6 Å². The standard InChI is InChI=1S/C13H19FN2S/c1-13(2,3)7-8-16-10-6-4-5-9(14)11(10)12(15)17/h4-6,16H,7-8H2,1-3H3,(H2,15,17). The first kappa shape index (κ1) is 13.9. The lowest BCUT2D eigenvalue weighted by molar-refractivity contribution is 0.390. The third-order valence-corrected chi connectivity index (χ3v) is 2.65.